The van der Waals surface area contributed by atoms with Crippen molar-refractivity contribution in [1.82, 2.24) is 14.3 Å². The van der Waals surface area contributed by atoms with Crippen LogP contribution in [0.3, 0.4) is 0 Å². The standard InChI is InChI=1S/C21H22FN3O/c1-15-20(25-14-18(22)7-8-19(25)23-15)21(26)24-11-9-17(10-12-24)13-16-5-3-2-4-6-16/h2-8,14,17H,9-13H2,1H3. The summed E-state index contributed by atoms with van der Waals surface area (Å²) in [5.41, 5.74) is 3.07. The minimum absolute atomic E-state index is 0.0567. The summed E-state index contributed by atoms with van der Waals surface area (Å²) in [5, 5.41) is 0. The Morgan fingerprint density at radius 1 is 1.15 bits per heavy atom. The molecule has 4 rings (SSSR count). The third-order valence-electron chi connectivity index (χ3n) is 5.23. The Hall–Kier alpha value is -2.69. The van der Waals surface area contributed by atoms with Gasteiger partial charge in [-0.3, -0.25) is 9.20 Å². The van der Waals surface area contributed by atoms with Crippen LogP contribution in [0.25, 0.3) is 5.65 Å². The van der Waals surface area contributed by atoms with Crippen molar-refractivity contribution < 1.29 is 9.18 Å². The number of halogens is 1. The average molecular weight is 351 g/mol. The molecule has 3 aromatic rings. The number of carbonyl (C=O) groups is 1. The topological polar surface area (TPSA) is 37.6 Å². The monoisotopic (exact) mass is 351 g/mol. The number of aryl methyl sites for hydroxylation is 1. The Morgan fingerprint density at radius 2 is 1.88 bits per heavy atom. The molecule has 1 aromatic carbocycles. The van der Waals surface area contributed by atoms with Gasteiger partial charge in [0.05, 0.1) is 5.69 Å². The predicted molar refractivity (Wildman–Crippen MR) is 98.7 cm³/mol. The lowest BCUT2D eigenvalue weighted by atomic mass is 9.90. The highest BCUT2D eigenvalue weighted by molar-refractivity contribution is 5.94. The van der Waals surface area contributed by atoms with Crippen LogP contribution in [0.4, 0.5) is 4.39 Å². The second kappa shape index (κ2) is 6.90. The van der Waals surface area contributed by atoms with Crippen molar-refractivity contribution in [3.8, 4) is 0 Å². The second-order valence-electron chi connectivity index (χ2n) is 7.05. The van der Waals surface area contributed by atoms with Gasteiger partial charge in [0, 0.05) is 19.3 Å². The molecular weight excluding hydrogens is 329 g/mol. The van der Waals surface area contributed by atoms with Gasteiger partial charge < -0.3 is 4.90 Å². The smallest absolute Gasteiger partial charge is 0.272 e. The summed E-state index contributed by atoms with van der Waals surface area (Å²) in [6.07, 6.45) is 4.38. The van der Waals surface area contributed by atoms with Crippen LogP contribution in [0.1, 0.15) is 34.6 Å². The zero-order valence-corrected chi connectivity index (χ0v) is 14.9. The summed E-state index contributed by atoms with van der Waals surface area (Å²) in [7, 11) is 0. The zero-order valence-electron chi connectivity index (χ0n) is 14.9. The number of hydrogen-bond acceptors (Lipinski definition) is 2. The van der Waals surface area contributed by atoms with E-state index < -0.39 is 0 Å². The molecule has 1 aliphatic heterocycles. The molecule has 0 aliphatic carbocycles. The third kappa shape index (κ3) is 3.21. The first-order valence-electron chi connectivity index (χ1n) is 9.09. The van der Waals surface area contributed by atoms with E-state index in [0.717, 1.165) is 32.4 Å². The van der Waals surface area contributed by atoms with Crippen molar-refractivity contribution in [3.63, 3.8) is 0 Å². The molecule has 0 bridgehead atoms. The van der Waals surface area contributed by atoms with Crippen LogP contribution in [-0.4, -0.2) is 33.3 Å². The van der Waals surface area contributed by atoms with Crippen molar-refractivity contribution in [3.05, 3.63) is 71.4 Å². The fourth-order valence-electron chi connectivity index (χ4n) is 3.83. The van der Waals surface area contributed by atoms with Crippen molar-refractivity contribution >= 4 is 11.6 Å². The maximum atomic E-state index is 13.6. The summed E-state index contributed by atoms with van der Waals surface area (Å²) in [4.78, 5) is 19.3. The van der Waals surface area contributed by atoms with E-state index in [9.17, 15) is 9.18 Å². The number of nitrogens with zero attached hydrogens (tertiary/aromatic N) is 3. The highest BCUT2D eigenvalue weighted by Crippen LogP contribution is 2.24. The number of aromatic nitrogens is 2. The molecule has 0 unspecified atom stereocenters. The highest BCUT2D eigenvalue weighted by Gasteiger charge is 2.27. The van der Waals surface area contributed by atoms with E-state index in [1.165, 1.54) is 17.8 Å². The number of pyridine rings is 1. The molecule has 1 amide bonds. The highest BCUT2D eigenvalue weighted by atomic mass is 19.1. The summed E-state index contributed by atoms with van der Waals surface area (Å²) < 4.78 is 15.2. The maximum absolute atomic E-state index is 13.6. The third-order valence-corrected chi connectivity index (χ3v) is 5.23. The van der Waals surface area contributed by atoms with Crippen LogP contribution in [0.2, 0.25) is 0 Å². The summed E-state index contributed by atoms with van der Waals surface area (Å²) in [5.74, 6) is 0.173. The lowest BCUT2D eigenvalue weighted by molar-refractivity contribution is 0.0682. The molecule has 0 atom stereocenters. The lowest BCUT2D eigenvalue weighted by Gasteiger charge is -2.32. The molecule has 1 saturated heterocycles. The largest absolute Gasteiger partial charge is 0.337 e. The minimum Gasteiger partial charge on any atom is -0.337 e. The fourth-order valence-corrected chi connectivity index (χ4v) is 3.83. The van der Waals surface area contributed by atoms with Gasteiger partial charge in [-0.15, -0.1) is 0 Å². The van der Waals surface area contributed by atoms with Crippen molar-refractivity contribution in [2.75, 3.05) is 13.1 Å². The molecule has 4 nitrogen and oxygen atoms in total. The Bertz CT molecular complexity index is 927. The van der Waals surface area contributed by atoms with E-state index in [0.29, 0.717) is 23.0 Å². The number of hydrogen-bond donors (Lipinski definition) is 0. The summed E-state index contributed by atoms with van der Waals surface area (Å²) in [6.45, 7) is 3.27. The van der Waals surface area contributed by atoms with E-state index in [-0.39, 0.29) is 11.7 Å². The van der Waals surface area contributed by atoms with Gasteiger partial charge >= 0.3 is 0 Å². The molecule has 5 heteroatoms. The van der Waals surface area contributed by atoms with Gasteiger partial charge in [-0.2, -0.15) is 0 Å². The predicted octanol–water partition coefficient (Wildman–Crippen LogP) is 3.88. The van der Waals surface area contributed by atoms with Crippen molar-refractivity contribution in [2.24, 2.45) is 5.92 Å². The molecule has 0 saturated carbocycles. The van der Waals surface area contributed by atoms with Gasteiger partial charge in [0.1, 0.15) is 17.2 Å². The van der Waals surface area contributed by atoms with E-state index >= 15 is 0 Å². The van der Waals surface area contributed by atoms with Gasteiger partial charge in [0.25, 0.3) is 5.91 Å². The number of imidazole rings is 1. The van der Waals surface area contributed by atoms with Crippen molar-refractivity contribution in [1.29, 1.82) is 0 Å². The number of amides is 1. The Morgan fingerprint density at radius 3 is 2.62 bits per heavy atom. The second-order valence-corrected chi connectivity index (χ2v) is 7.05. The molecule has 3 heterocycles. The fraction of sp³-hybridized carbons (Fsp3) is 0.333. The number of fused-ring (bicyclic) bond motifs is 1. The first kappa shape index (κ1) is 16.8. The van der Waals surface area contributed by atoms with E-state index in [2.05, 4.69) is 29.2 Å². The van der Waals surface area contributed by atoms with Crippen LogP contribution in [-0.2, 0) is 6.42 Å². The normalized spacial score (nSPS) is 15.5. The molecule has 1 fully saturated rings. The SMILES string of the molecule is Cc1nc2ccc(F)cn2c1C(=O)N1CCC(Cc2ccccc2)CC1. The molecule has 1 aliphatic rings. The van der Waals surface area contributed by atoms with Gasteiger partial charge in [-0.1, -0.05) is 30.3 Å². The Labute approximate surface area is 152 Å². The summed E-state index contributed by atoms with van der Waals surface area (Å²) >= 11 is 0. The van der Waals surface area contributed by atoms with Gasteiger partial charge in [0.15, 0.2) is 0 Å². The van der Waals surface area contributed by atoms with E-state index in [4.69, 9.17) is 0 Å². The van der Waals surface area contributed by atoms with Crippen molar-refractivity contribution in [2.45, 2.75) is 26.2 Å². The zero-order chi connectivity index (χ0) is 18.1. The number of piperidine rings is 1. The first-order chi connectivity index (χ1) is 12.6. The lowest BCUT2D eigenvalue weighted by Crippen LogP contribution is -2.39. The molecule has 0 radical (unpaired) electrons. The average Bonchev–Trinajstić information content (AvgIpc) is 2.97. The van der Waals surface area contributed by atoms with Gasteiger partial charge in [0.2, 0.25) is 0 Å². The van der Waals surface area contributed by atoms with Gasteiger partial charge in [-0.05, 0) is 49.8 Å². The molecule has 0 spiro atoms. The van der Waals surface area contributed by atoms with Crippen LogP contribution >= 0.6 is 0 Å². The number of benzene rings is 1. The van der Waals surface area contributed by atoms with Crippen LogP contribution in [0.15, 0.2) is 48.7 Å². The molecule has 0 N–H and O–H groups in total. The first-order valence-corrected chi connectivity index (χ1v) is 9.09. The molecule has 26 heavy (non-hydrogen) atoms. The Balaban J connectivity index is 1.47. The number of carbonyl (C=O) groups excluding carboxylic acids is 1. The molecular formula is C21H22FN3O. The number of rotatable bonds is 3. The van der Waals surface area contributed by atoms with Crippen LogP contribution in [0.5, 0.6) is 0 Å². The molecule has 134 valence electrons. The summed E-state index contributed by atoms with van der Waals surface area (Å²) in [6, 6.07) is 13.5. The van der Waals surface area contributed by atoms with Crippen LogP contribution in [0, 0.1) is 18.7 Å². The Kier molecular flexibility index (Phi) is 4.45. The van der Waals surface area contributed by atoms with E-state index in [1.54, 1.807) is 17.4 Å². The van der Waals surface area contributed by atoms with Crippen LogP contribution < -0.4 is 0 Å². The molecule has 2 aromatic heterocycles. The number of likely N-dealkylation sites (tertiary alicyclic amines) is 1. The quantitative estimate of drug-likeness (QED) is 0.718. The maximum Gasteiger partial charge on any atom is 0.272 e. The minimum atomic E-state index is -0.370. The van der Waals surface area contributed by atoms with E-state index in [1.807, 2.05) is 11.0 Å². The van der Waals surface area contributed by atoms with Gasteiger partial charge in [-0.25, -0.2) is 9.37 Å².